The molecule has 0 aliphatic carbocycles. The molecule has 0 aliphatic heterocycles. The van der Waals surface area contributed by atoms with Gasteiger partial charge in [-0.1, -0.05) is 11.6 Å². The Labute approximate surface area is 133 Å². The van der Waals surface area contributed by atoms with Gasteiger partial charge in [0, 0.05) is 14.8 Å². The van der Waals surface area contributed by atoms with E-state index in [0.29, 0.717) is 10.7 Å². The van der Waals surface area contributed by atoms with E-state index in [1.807, 2.05) is 22.6 Å². The Bertz CT molecular complexity index is 631. The molecule has 0 saturated carbocycles. The molecule has 3 nitrogen and oxygen atoms in total. The molecular formula is C13H10ClF2IN2O. The van der Waals surface area contributed by atoms with Crippen molar-refractivity contribution in [2.24, 2.45) is 0 Å². The zero-order valence-corrected chi connectivity index (χ0v) is 13.0. The van der Waals surface area contributed by atoms with Gasteiger partial charge in [0.05, 0.1) is 12.2 Å². The molecule has 0 saturated heterocycles. The number of hydrogen-bond acceptors (Lipinski definition) is 1. The number of carbonyl (C=O) groups excluding carboxylic acids is 1. The highest BCUT2D eigenvalue weighted by Crippen LogP contribution is 2.23. The maximum absolute atomic E-state index is 12.4. The fourth-order valence-corrected chi connectivity index (χ4v) is 2.71. The average molecular weight is 411 g/mol. The van der Waals surface area contributed by atoms with Crippen LogP contribution >= 0.6 is 34.2 Å². The lowest BCUT2D eigenvalue weighted by Crippen LogP contribution is -2.19. The number of rotatable bonds is 4. The number of aromatic nitrogens is 1. The first-order valence-electron chi connectivity index (χ1n) is 5.67. The fourth-order valence-electron chi connectivity index (χ4n) is 1.71. The molecule has 0 radical (unpaired) electrons. The zero-order chi connectivity index (χ0) is 14.7. The molecule has 1 heterocycles. The molecule has 1 aromatic heterocycles. The largest absolute Gasteiger partial charge is 0.338 e. The number of benzene rings is 1. The topological polar surface area (TPSA) is 34.0 Å². The van der Waals surface area contributed by atoms with Crippen LogP contribution in [0.5, 0.6) is 0 Å². The Morgan fingerprint density at radius 2 is 2.15 bits per heavy atom. The van der Waals surface area contributed by atoms with Crippen LogP contribution in [0.4, 0.5) is 14.5 Å². The Balaban J connectivity index is 2.18. The standard InChI is InChI=1S/C13H10ClF2IN2O/c14-8-3-4-10(9(17)6-8)18-13(20)11-2-1-5-19(11)7-12(15)16/h1-6,12H,7H2,(H,18,20). The molecule has 0 atom stereocenters. The summed E-state index contributed by atoms with van der Waals surface area (Å²) in [5.74, 6) is -0.434. The third kappa shape index (κ3) is 3.69. The van der Waals surface area contributed by atoms with Crippen LogP contribution < -0.4 is 5.32 Å². The van der Waals surface area contributed by atoms with Crippen LogP contribution in [-0.4, -0.2) is 16.9 Å². The van der Waals surface area contributed by atoms with Gasteiger partial charge in [-0.15, -0.1) is 0 Å². The van der Waals surface area contributed by atoms with Crippen molar-refractivity contribution >= 4 is 45.8 Å². The highest BCUT2D eigenvalue weighted by Gasteiger charge is 2.15. The minimum Gasteiger partial charge on any atom is -0.338 e. The number of hydrogen-bond donors (Lipinski definition) is 1. The first kappa shape index (κ1) is 15.2. The lowest BCUT2D eigenvalue weighted by Gasteiger charge is -2.10. The first-order chi connectivity index (χ1) is 9.47. The van der Waals surface area contributed by atoms with Gasteiger partial charge in [0.25, 0.3) is 12.3 Å². The molecule has 0 aliphatic rings. The highest BCUT2D eigenvalue weighted by molar-refractivity contribution is 14.1. The van der Waals surface area contributed by atoms with Crippen LogP contribution in [0.15, 0.2) is 36.5 Å². The van der Waals surface area contributed by atoms with Gasteiger partial charge < -0.3 is 9.88 Å². The Kier molecular flexibility index (Phi) is 4.98. The molecule has 0 fully saturated rings. The van der Waals surface area contributed by atoms with Gasteiger partial charge in [-0.05, 0) is 52.9 Å². The summed E-state index contributed by atoms with van der Waals surface area (Å²) in [6, 6.07) is 8.08. The summed E-state index contributed by atoms with van der Waals surface area (Å²) >= 11 is 7.87. The van der Waals surface area contributed by atoms with Crippen molar-refractivity contribution in [3.8, 4) is 0 Å². The van der Waals surface area contributed by atoms with Crippen LogP contribution in [0.25, 0.3) is 0 Å². The van der Waals surface area contributed by atoms with E-state index >= 15 is 0 Å². The van der Waals surface area contributed by atoms with E-state index < -0.39 is 18.9 Å². The van der Waals surface area contributed by atoms with E-state index in [4.69, 9.17) is 11.6 Å². The van der Waals surface area contributed by atoms with E-state index in [2.05, 4.69) is 5.32 Å². The van der Waals surface area contributed by atoms with Crippen LogP contribution in [0, 0.1) is 3.57 Å². The van der Waals surface area contributed by atoms with Crippen LogP contribution in [0.2, 0.25) is 5.02 Å². The van der Waals surface area contributed by atoms with E-state index in [1.165, 1.54) is 16.8 Å². The molecule has 1 amide bonds. The fraction of sp³-hybridized carbons (Fsp3) is 0.154. The van der Waals surface area contributed by atoms with Crippen molar-refractivity contribution in [3.05, 3.63) is 50.8 Å². The molecule has 7 heteroatoms. The Morgan fingerprint density at radius 1 is 1.40 bits per heavy atom. The van der Waals surface area contributed by atoms with Gasteiger partial charge in [-0.3, -0.25) is 4.79 Å². The van der Waals surface area contributed by atoms with Crippen LogP contribution in [-0.2, 0) is 6.54 Å². The number of carbonyl (C=O) groups is 1. The van der Waals surface area contributed by atoms with Gasteiger partial charge in [0.15, 0.2) is 0 Å². The van der Waals surface area contributed by atoms with Gasteiger partial charge in [0.1, 0.15) is 5.69 Å². The smallest absolute Gasteiger partial charge is 0.272 e. The van der Waals surface area contributed by atoms with Gasteiger partial charge in [-0.2, -0.15) is 0 Å². The summed E-state index contributed by atoms with van der Waals surface area (Å²) < 4.78 is 26.8. The van der Waals surface area contributed by atoms with Crippen molar-refractivity contribution in [1.82, 2.24) is 4.57 Å². The maximum Gasteiger partial charge on any atom is 0.272 e. The summed E-state index contributed by atoms with van der Waals surface area (Å²) in [5.41, 5.74) is 0.779. The normalized spacial score (nSPS) is 10.8. The first-order valence-corrected chi connectivity index (χ1v) is 7.12. The van der Waals surface area contributed by atoms with Crippen LogP contribution in [0.3, 0.4) is 0 Å². The summed E-state index contributed by atoms with van der Waals surface area (Å²) in [5, 5.41) is 3.25. The van der Waals surface area contributed by atoms with E-state index in [1.54, 1.807) is 24.3 Å². The predicted molar refractivity (Wildman–Crippen MR) is 82.6 cm³/mol. The molecule has 1 N–H and O–H groups in total. The minimum absolute atomic E-state index is 0.191. The quantitative estimate of drug-likeness (QED) is 0.751. The molecular weight excluding hydrogens is 401 g/mol. The third-order valence-corrected chi connectivity index (χ3v) is 3.70. The minimum atomic E-state index is -2.51. The number of alkyl halides is 2. The van der Waals surface area contributed by atoms with Crippen molar-refractivity contribution in [1.29, 1.82) is 0 Å². The lowest BCUT2D eigenvalue weighted by molar-refractivity contribution is 0.0997. The summed E-state index contributed by atoms with van der Waals surface area (Å²) in [6.45, 7) is -0.506. The highest BCUT2D eigenvalue weighted by atomic mass is 127. The molecule has 2 aromatic rings. The van der Waals surface area contributed by atoms with Crippen molar-refractivity contribution < 1.29 is 13.6 Å². The van der Waals surface area contributed by atoms with E-state index in [-0.39, 0.29) is 5.69 Å². The molecule has 106 valence electrons. The van der Waals surface area contributed by atoms with Crippen molar-refractivity contribution in [2.45, 2.75) is 13.0 Å². The second-order valence-corrected chi connectivity index (χ2v) is 5.61. The monoisotopic (exact) mass is 410 g/mol. The number of halogens is 4. The molecule has 0 spiro atoms. The molecule has 1 aromatic carbocycles. The number of amides is 1. The number of nitrogens with one attached hydrogen (secondary N) is 1. The van der Waals surface area contributed by atoms with E-state index in [0.717, 1.165) is 3.57 Å². The molecule has 0 bridgehead atoms. The Morgan fingerprint density at radius 3 is 2.80 bits per heavy atom. The molecule has 0 unspecified atom stereocenters. The van der Waals surface area contributed by atoms with Gasteiger partial charge >= 0.3 is 0 Å². The summed E-state index contributed by atoms with van der Waals surface area (Å²) in [4.78, 5) is 12.1. The SMILES string of the molecule is O=C(Nc1ccc(Cl)cc1I)c1cccn1CC(F)F. The van der Waals surface area contributed by atoms with Crippen LogP contribution in [0.1, 0.15) is 10.5 Å². The number of nitrogens with zero attached hydrogens (tertiary/aromatic N) is 1. The summed E-state index contributed by atoms with van der Waals surface area (Å²) in [6.07, 6.45) is -1.06. The maximum atomic E-state index is 12.4. The van der Waals surface area contributed by atoms with Gasteiger partial charge in [-0.25, -0.2) is 8.78 Å². The van der Waals surface area contributed by atoms with Crippen molar-refractivity contribution in [2.75, 3.05) is 5.32 Å². The average Bonchev–Trinajstić information content (AvgIpc) is 2.80. The zero-order valence-electron chi connectivity index (χ0n) is 10.1. The predicted octanol–water partition coefficient (Wildman–Crippen LogP) is 4.26. The number of anilines is 1. The van der Waals surface area contributed by atoms with Crippen molar-refractivity contribution in [3.63, 3.8) is 0 Å². The third-order valence-electron chi connectivity index (χ3n) is 2.58. The second-order valence-electron chi connectivity index (χ2n) is 4.02. The molecule has 2 rings (SSSR count). The van der Waals surface area contributed by atoms with E-state index in [9.17, 15) is 13.6 Å². The van der Waals surface area contributed by atoms with Gasteiger partial charge in [0.2, 0.25) is 0 Å². The second kappa shape index (κ2) is 6.53. The lowest BCUT2D eigenvalue weighted by atomic mass is 10.3. The Hall–Kier alpha value is -1.15. The molecule has 20 heavy (non-hydrogen) atoms. The summed E-state index contributed by atoms with van der Waals surface area (Å²) in [7, 11) is 0.